The second kappa shape index (κ2) is 4.43. The fraction of sp³-hybridized carbons (Fsp3) is 0.462. The van der Waals surface area contributed by atoms with Crippen LogP contribution in [-0.4, -0.2) is 24.6 Å². The van der Waals surface area contributed by atoms with Crippen molar-refractivity contribution in [1.82, 2.24) is 10.6 Å². The second-order valence-corrected chi connectivity index (χ2v) is 5.13. The average molecular weight is 269 g/mol. The molecule has 0 bridgehead atoms. The van der Waals surface area contributed by atoms with E-state index in [9.17, 15) is 13.2 Å². The predicted octanol–water partition coefficient (Wildman–Crippen LogP) is 1.90. The first-order valence-corrected chi connectivity index (χ1v) is 6.26. The summed E-state index contributed by atoms with van der Waals surface area (Å²) in [5, 5.41) is 6.35. The molecule has 6 heteroatoms. The van der Waals surface area contributed by atoms with Crippen LogP contribution < -0.4 is 10.6 Å². The molecule has 1 unspecified atom stereocenters. The van der Waals surface area contributed by atoms with Gasteiger partial charge in [-0.15, -0.1) is 0 Å². The summed E-state index contributed by atoms with van der Waals surface area (Å²) in [5.41, 5.74) is 0.487. The topological polar surface area (TPSA) is 36.4 Å². The molecule has 19 heavy (non-hydrogen) atoms. The standard InChI is InChI=1S/C13H14F3N3/c1-6-5-17-13(18-6)19-11-4-8(11)7-2-9(14)12(16)10(15)3-7/h2-3,6,8,11H,4-5H2,1H3,(H2,17,18,19)/t6?,8-,11+/m0/s1. The Hall–Kier alpha value is -1.72. The van der Waals surface area contributed by atoms with E-state index in [1.807, 2.05) is 6.92 Å². The third-order valence-electron chi connectivity index (χ3n) is 3.45. The zero-order valence-electron chi connectivity index (χ0n) is 10.4. The molecule has 1 heterocycles. The van der Waals surface area contributed by atoms with Gasteiger partial charge in [0.15, 0.2) is 23.4 Å². The van der Waals surface area contributed by atoms with Crippen LogP contribution in [0.2, 0.25) is 0 Å². The summed E-state index contributed by atoms with van der Waals surface area (Å²) in [7, 11) is 0. The molecule has 1 saturated carbocycles. The summed E-state index contributed by atoms with van der Waals surface area (Å²) in [6.07, 6.45) is 0.763. The Bertz CT molecular complexity index is 521. The first kappa shape index (κ1) is 12.3. The highest BCUT2D eigenvalue weighted by Crippen LogP contribution is 2.41. The molecule has 1 fully saturated rings. The number of benzene rings is 1. The molecule has 0 saturated heterocycles. The van der Waals surface area contributed by atoms with E-state index in [4.69, 9.17) is 0 Å². The number of nitrogens with zero attached hydrogens (tertiary/aromatic N) is 1. The minimum absolute atomic E-state index is 0.00464. The Balaban J connectivity index is 1.66. The lowest BCUT2D eigenvalue weighted by molar-refractivity contribution is 0.445. The Morgan fingerprint density at radius 3 is 2.53 bits per heavy atom. The number of halogens is 3. The van der Waals surface area contributed by atoms with Gasteiger partial charge in [-0.05, 0) is 31.0 Å². The van der Waals surface area contributed by atoms with E-state index in [2.05, 4.69) is 15.6 Å². The third kappa shape index (κ3) is 2.39. The van der Waals surface area contributed by atoms with Gasteiger partial charge >= 0.3 is 0 Å². The van der Waals surface area contributed by atoms with Crippen molar-refractivity contribution in [2.45, 2.75) is 31.3 Å². The van der Waals surface area contributed by atoms with E-state index in [1.54, 1.807) is 0 Å². The van der Waals surface area contributed by atoms with Crippen molar-refractivity contribution in [3.63, 3.8) is 0 Å². The van der Waals surface area contributed by atoms with Gasteiger partial charge < -0.3 is 10.6 Å². The summed E-state index contributed by atoms with van der Waals surface area (Å²) >= 11 is 0. The molecule has 0 aromatic heterocycles. The van der Waals surface area contributed by atoms with Gasteiger partial charge in [-0.1, -0.05) is 0 Å². The number of aliphatic imine (C=N–C) groups is 1. The molecule has 2 N–H and O–H groups in total. The van der Waals surface area contributed by atoms with Crippen LogP contribution in [0.25, 0.3) is 0 Å². The highest BCUT2D eigenvalue weighted by atomic mass is 19.2. The van der Waals surface area contributed by atoms with Crippen molar-refractivity contribution in [3.05, 3.63) is 35.1 Å². The van der Waals surface area contributed by atoms with Crippen molar-refractivity contribution in [3.8, 4) is 0 Å². The number of rotatable bonds is 2. The van der Waals surface area contributed by atoms with Gasteiger partial charge in [0, 0.05) is 18.0 Å². The zero-order valence-corrected chi connectivity index (χ0v) is 10.4. The highest BCUT2D eigenvalue weighted by molar-refractivity contribution is 5.82. The number of hydrogen-bond donors (Lipinski definition) is 2. The second-order valence-electron chi connectivity index (χ2n) is 5.13. The summed E-state index contributed by atoms with van der Waals surface area (Å²) in [5.74, 6) is -2.95. The van der Waals surface area contributed by atoms with E-state index in [0.29, 0.717) is 11.6 Å². The van der Waals surface area contributed by atoms with Crippen LogP contribution in [0.4, 0.5) is 13.2 Å². The molecule has 1 aliphatic carbocycles. The van der Waals surface area contributed by atoms with Crippen molar-refractivity contribution in [1.29, 1.82) is 0 Å². The molecule has 0 spiro atoms. The van der Waals surface area contributed by atoms with E-state index in [0.717, 1.165) is 31.1 Å². The minimum atomic E-state index is -1.41. The Morgan fingerprint density at radius 2 is 1.95 bits per heavy atom. The largest absolute Gasteiger partial charge is 0.353 e. The molecule has 3 rings (SSSR count). The summed E-state index contributed by atoms with van der Waals surface area (Å²) in [4.78, 5) is 4.26. The number of guanidine groups is 1. The third-order valence-corrected chi connectivity index (χ3v) is 3.45. The molecule has 1 aromatic rings. The SMILES string of the molecule is CC1CN=C(N[C@@H]2C[C@H]2c2cc(F)c(F)c(F)c2)N1. The van der Waals surface area contributed by atoms with Crippen molar-refractivity contribution in [2.24, 2.45) is 4.99 Å². The monoisotopic (exact) mass is 269 g/mol. The Kier molecular flexibility index (Phi) is 2.88. The van der Waals surface area contributed by atoms with Crippen molar-refractivity contribution in [2.75, 3.05) is 6.54 Å². The van der Waals surface area contributed by atoms with Gasteiger partial charge in [0.2, 0.25) is 0 Å². The van der Waals surface area contributed by atoms with Crippen LogP contribution in [0.3, 0.4) is 0 Å². The van der Waals surface area contributed by atoms with Gasteiger partial charge in [-0.2, -0.15) is 0 Å². The first-order chi connectivity index (χ1) is 9.04. The van der Waals surface area contributed by atoms with E-state index >= 15 is 0 Å². The van der Waals surface area contributed by atoms with Crippen LogP contribution in [0.1, 0.15) is 24.8 Å². The molecule has 2 aliphatic rings. The van der Waals surface area contributed by atoms with E-state index in [1.165, 1.54) is 0 Å². The molecule has 1 aromatic carbocycles. The molecular formula is C13H14F3N3. The van der Waals surface area contributed by atoms with Gasteiger partial charge in [-0.3, -0.25) is 4.99 Å². The van der Waals surface area contributed by atoms with E-state index < -0.39 is 17.5 Å². The van der Waals surface area contributed by atoms with Gasteiger partial charge in [0.25, 0.3) is 0 Å². The van der Waals surface area contributed by atoms with Crippen molar-refractivity contribution < 1.29 is 13.2 Å². The lowest BCUT2D eigenvalue weighted by Crippen LogP contribution is -2.39. The normalized spacial score (nSPS) is 28.8. The maximum atomic E-state index is 13.1. The Morgan fingerprint density at radius 1 is 1.26 bits per heavy atom. The van der Waals surface area contributed by atoms with E-state index in [-0.39, 0.29) is 12.0 Å². The first-order valence-electron chi connectivity index (χ1n) is 6.26. The Labute approximate surface area is 108 Å². The molecule has 3 atom stereocenters. The average Bonchev–Trinajstić information content (AvgIpc) is 3.00. The minimum Gasteiger partial charge on any atom is -0.353 e. The molecule has 1 aliphatic heterocycles. The fourth-order valence-electron chi connectivity index (χ4n) is 2.33. The summed E-state index contributed by atoms with van der Waals surface area (Å²) in [6.45, 7) is 2.74. The maximum Gasteiger partial charge on any atom is 0.194 e. The molecule has 102 valence electrons. The fourth-order valence-corrected chi connectivity index (χ4v) is 2.33. The highest BCUT2D eigenvalue weighted by Gasteiger charge is 2.40. The van der Waals surface area contributed by atoms with Gasteiger partial charge in [0.1, 0.15) is 0 Å². The summed E-state index contributed by atoms with van der Waals surface area (Å²) in [6, 6.07) is 2.54. The van der Waals surface area contributed by atoms with Gasteiger partial charge in [0.05, 0.1) is 6.54 Å². The molecule has 0 radical (unpaired) electrons. The van der Waals surface area contributed by atoms with Crippen LogP contribution in [0, 0.1) is 17.5 Å². The summed E-state index contributed by atoms with van der Waals surface area (Å²) < 4.78 is 39.1. The van der Waals surface area contributed by atoms with Crippen LogP contribution in [0.5, 0.6) is 0 Å². The lowest BCUT2D eigenvalue weighted by atomic mass is 10.1. The molecular weight excluding hydrogens is 255 g/mol. The maximum absolute atomic E-state index is 13.1. The quantitative estimate of drug-likeness (QED) is 0.804. The van der Waals surface area contributed by atoms with Crippen LogP contribution in [-0.2, 0) is 0 Å². The number of nitrogens with one attached hydrogen (secondary N) is 2. The number of hydrogen-bond acceptors (Lipinski definition) is 3. The molecule has 0 amide bonds. The lowest BCUT2D eigenvalue weighted by Gasteiger charge is -2.08. The zero-order chi connectivity index (χ0) is 13.6. The van der Waals surface area contributed by atoms with Gasteiger partial charge in [-0.25, -0.2) is 13.2 Å². The van der Waals surface area contributed by atoms with Crippen molar-refractivity contribution >= 4 is 5.96 Å². The van der Waals surface area contributed by atoms with Crippen LogP contribution in [0.15, 0.2) is 17.1 Å². The van der Waals surface area contributed by atoms with Crippen LogP contribution >= 0.6 is 0 Å². The smallest absolute Gasteiger partial charge is 0.194 e. The molecule has 3 nitrogen and oxygen atoms in total. The predicted molar refractivity (Wildman–Crippen MR) is 65.5 cm³/mol.